The van der Waals surface area contributed by atoms with Crippen LogP contribution in [0.2, 0.25) is 0 Å². The third kappa shape index (κ3) is 3.18. The number of carbonyl (C=O) groups excluding carboxylic acids is 1. The molecule has 0 aliphatic rings. The van der Waals surface area contributed by atoms with Crippen molar-refractivity contribution < 1.29 is 4.79 Å². The van der Waals surface area contributed by atoms with Crippen LogP contribution in [0.15, 0.2) is 28.2 Å². The minimum atomic E-state index is -0.282. The van der Waals surface area contributed by atoms with E-state index in [-0.39, 0.29) is 17.9 Å². The molecule has 0 aliphatic carbocycles. The van der Waals surface area contributed by atoms with Crippen LogP contribution in [0.5, 0.6) is 0 Å². The van der Waals surface area contributed by atoms with Crippen LogP contribution in [-0.2, 0) is 11.2 Å². The first kappa shape index (κ1) is 16.3. The van der Waals surface area contributed by atoms with Crippen LogP contribution < -0.4 is 10.9 Å². The minimum Gasteiger partial charge on any atom is -0.342 e. The highest BCUT2D eigenvalue weighted by Gasteiger charge is 2.14. The lowest BCUT2D eigenvalue weighted by Gasteiger charge is -2.08. The predicted octanol–water partition coefficient (Wildman–Crippen LogP) is 2.17. The number of aryl methyl sites for hydroxylation is 2. The molecule has 8 heteroatoms. The highest BCUT2D eigenvalue weighted by molar-refractivity contribution is 7.98. The number of H-pyrrole nitrogens is 2. The van der Waals surface area contributed by atoms with Gasteiger partial charge in [-0.15, -0.1) is 0 Å². The second kappa shape index (κ2) is 6.48. The summed E-state index contributed by atoms with van der Waals surface area (Å²) in [7, 11) is 0. The molecule has 0 spiro atoms. The monoisotopic (exact) mass is 343 g/mol. The van der Waals surface area contributed by atoms with Gasteiger partial charge in [-0.1, -0.05) is 17.8 Å². The van der Waals surface area contributed by atoms with Gasteiger partial charge in [0.05, 0.1) is 17.6 Å². The number of benzene rings is 1. The van der Waals surface area contributed by atoms with Crippen molar-refractivity contribution in [2.75, 3.05) is 11.6 Å². The van der Waals surface area contributed by atoms with E-state index in [2.05, 4.69) is 25.3 Å². The van der Waals surface area contributed by atoms with Crippen LogP contribution in [0.1, 0.15) is 17.1 Å². The Balaban J connectivity index is 1.84. The van der Waals surface area contributed by atoms with Crippen LogP contribution >= 0.6 is 11.8 Å². The molecule has 2 heterocycles. The number of aromatic nitrogens is 4. The standard InChI is InChI=1S/C16H17N5O2S/c1-8-10(15(23)21-16(17-8)24-3)7-13(22)20-12-6-4-5-11-14(12)19-9(2)18-11/h4-6H,7H2,1-3H3,(H,18,19)(H,20,22)(H,17,21,23). The average Bonchev–Trinajstić information content (AvgIpc) is 2.92. The molecule has 0 saturated carbocycles. The predicted molar refractivity (Wildman–Crippen MR) is 94.5 cm³/mol. The lowest BCUT2D eigenvalue weighted by molar-refractivity contribution is -0.115. The van der Waals surface area contributed by atoms with E-state index in [1.165, 1.54) is 11.8 Å². The summed E-state index contributed by atoms with van der Waals surface area (Å²) in [4.78, 5) is 38.9. The molecule has 0 radical (unpaired) electrons. The number of nitrogens with one attached hydrogen (secondary N) is 3. The Morgan fingerprint density at radius 3 is 2.75 bits per heavy atom. The number of nitrogens with zero attached hydrogens (tertiary/aromatic N) is 2. The minimum absolute atomic E-state index is 0.0391. The molecule has 0 saturated heterocycles. The van der Waals surface area contributed by atoms with Crippen molar-refractivity contribution >= 4 is 34.4 Å². The van der Waals surface area contributed by atoms with Gasteiger partial charge in [0.25, 0.3) is 5.56 Å². The lowest BCUT2D eigenvalue weighted by Crippen LogP contribution is -2.23. The number of hydrogen-bond donors (Lipinski definition) is 3. The lowest BCUT2D eigenvalue weighted by atomic mass is 10.1. The second-order valence-corrected chi connectivity index (χ2v) is 6.18. The Bertz CT molecular complexity index is 976. The van der Waals surface area contributed by atoms with Gasteiger partial charge in [0, 0.05) is 11.3 Å². The highest BCUT2D eigenvalue weighted by atomic mass is 32.2. The SMILES string of the molecule is CSc1nc(C)c(CC(=O)Nc2cccc3[nH]c(C)nc23)c(=O)[nH]1. The van der Waals surface area contributed by atoms with Gasteiger partial charge in [0.1, 0.15) is 11.3 Å². The van der Waals surface area contributed by atoms with Crippen molar-refractivity contribution in [3.8, 4) is 0 Å². The maximum atomic E-state index is 12.4. The van der Waals surface area contributed by atoms with Crippen LogP contribution in [0.25, 0.3) is 11.0 Å². The number of hydrogen-bond acceptors (Lipinski definition) is 5. The van der Waals surface area contributed by atoms with Crippen molar-refractivity contribution in [1.29, 1.82) is 0 Å². The zero-order valence-electron chi connectivity index (χ0n) is 13.6. The third-order valence-electron chi connectivity index (χ3n) is 3.64. The summed E-state index contributed by atoms with van der Waals surface area (Å²) < 4.78 is 0. The van der Waals surface area contributed by atoms with E-state index in [0.29, 0.717) is 27.6 Å². The van der Waals surface area contributed by atoms with Gasteiger partial charge in [-0.25, -0.2) is 9.97 Å². The Kier molecular flexibility index (Phi) is 4.39. The molecule has 0 atom stereocenters. The van der Waals surface area contributed by atoms with Crippen LogP contribution in [-0.4, -0.2) is 32.1 Å². The van der Waals surface area contributed by atoms with Crippen molar-refractivity contribution in [3.05, 3.63) is 45.6 Å². The molecule has 0 aliphatic heterocycles. The summed E-state index contributed by atoms with van der Waals surface area (Å²) in [5.41, 5.74) is 2.82. The number of imidazole rings is 1. The molecule has 3 N–H and O–H groups in total. The molecule has 0 unspecified atom stereocenters. The van der Waals surface area contributed by atoms with E-state index in [4.69, 9.17) is 0 Å². The quantitative estimate of drug-likeness (QED) is 0.497. The zero-order chi connectivity index (χ0) is 17.3. The Morgan fingerprint density at radius 2 is 2.04 bits per heavy atom. The molecule has 0 bridgehead atoms. The van der Waals surface area contributed by atoms with Crippen molar-refractivity contribution in [2.24, 2.45) is 0 Å². The zero-order valence-corrected chi connectivity index (χ0v) is 14.4. The van der Waals surface area contributed by atoms with Gasteiger partial charge in [0.2, 0.25) is 5.91 Å². The van der Waals surface area contributed by atoms with E-state index in [9.17, 15) is 9.59 Å². The van der Waals surface area contributed by atoms with E-state index < -0.39 is 0 Å². The van der Waals surface area contributed by atoms with E-state index in [0.717, 1.165) is 11.3 Å². The summed E-state index contributed by atoms with van der Waals surface area (Å²) in [5.74, 6) is 0.492. The number of anilines is 1. The normalized spacial score (nSPS) is 11.0. The Hall–Kier alpha value is -2.61. The van der Waals surface area contributed by atoms with Gasteiger partial charge in [-0.3, -0.25) is 9.59 Å². The number of fused-ring (bicyclic) bond motifs is 1. The largest absolute Gasteiger partial charge is 0.342 e. The van der Waals surface area contributed by atoms with Crippen molar-refractivity contribution in [3.63, 3.8) is 0 Å². The molecule has 7 nitrogen and oxygen atoms in total. The van der Waals surface area contributed by atoms with Gasteiger partial charge < -0.3 is 15.3 Å². The number of para-hydroxylation sites is 1. The van der Waals surface area contributed by atoms with E-state index in [1.54, 1.807) is 13.0 Å². The van der Waals surface area contributed by atoms with Crippen LogP contribution in [0, 0.1) is 13.8 Å². The fraction of sp³-hybridized carbons (Fsp3) is 0.250. The fourth-order valence-corrected chi connectivity index (χ4v) is 2.92. The Labute approximate surface area is 142 Å². The number of amides is 1. The molecule has 124 valence electrons. The van der Waals surface area contributed by atoms with Gasteiger partial charge in [-0.2, -0.15) is 0 Å². The smallest absolute Gasteiger partial charge is 0.255 e. The summed E-state index contributed by atoms with van der Waals surface area (Å²) >= 11 is 1.35. The molecule has 0 fully saturated rings. The van der Waals surface area contributed by atoms with Crippen LogP contribution in [0.4, 0.5) is 5.69 Å². The summed E-state index contributed by atoms with van der Waals surface area (Å²) in [6.07, 6.45) is 1.79. The molecule has 1 aromatic carbocycles. The first-order valence-corrected chi connectivity index (χ1v) is 8.59. The van der Waals surface area contributed by atoms with Gasteiger partial charge in [-0.05, 0) is 32.2 Å². The number of thioether (sulfide) groups is 1. The average molecular weight is 343 g/mol. The molecule has 3 rings (SSSR count). The van der Waals surface area contributed by atoms with Gasteiger partial charge >= 0.3 is 0 Å². The van der Waals surface area contributed by atoms with Crippen molar-refractivity contribution in [1.82, 2.24) is 19.9 Å². The second-order valence-electron chi connectivity index (χ2n) is 5.39. The fourth-order valence-electron chi connectivity index (χ4n) is 2.50. The summed E-state index contributed by atoms with van der Waals surface area (Å²) in [6, 6.07) is 5.51. The summed E-state index contributed by atoms with van der Waals surface area (Å²) in [6.45, 7) is 3.59. The first-order valence-electron chi connectivity index (χ1n) is 7.37. The molecule has 2 aromatic heterocycles. The molecular weight excluding hydrogens is 326 g/mol. The maximum absolute atomic E-state index is 12.4. The Morgan fingerprint density at radius 1 is 1.25 bits per heavy atom. The van der Waals surface area contributed by atoms with Crippen LogP contribution in [0.3, 0.4) is 0 Å². The topological polar surface area (TPSA) is 104 Å². The molecule has 1 amide bonds. The maximum Gasteiger partial charge on any atom is 0.255 e. The molecular formula is C16H17N5O2S. The highest BCUT2D eigenvalue weighted by Crippen LogP contribution is 2.21. The van der Waals surface area contributed by atoms with E-state index in [1.807, 2.05) is 25.3 Å². The number of rotatable bonds is 4. The number of aromatic amines is 2. The molecule has 3 aromatic rings. The first-order chi connectivity index (χ1) is 11.5. The number of carbonyl (C=O) groups is 1. The third-order valence-corrected chi connectivity index (χ3v) is 4.22. The molecule has 24 heavy (non-hydrogen) atoms. The van der Waals surface area contributed by atoms with Gasteiger partial charge in [0.15, 0.2) is 5.16 Å². The van der Waals surface area contributed by atoms with Crippen molar-refractivity contribution in [2.45, 2.75) is 25.4 Å². The summed E-state index contributed by atoms with van der Waals surface area (Å²) in [5, 5.41) is 3.36. The van der Waals surface area contributed by atoms with E-state index >= 15 is 0 Å².